The van der Waals surface area contributed by atoms with Crippen LogP contribution in [0.25, 0.3) is 5.70 Å². The highest BCUT2D eigenvalue weighted by atomic mass is 32.2. The quantitative estimate of drug-likeness (QED) is 0.385. The van der Waals surface area contributed by atoms with Crippen molar-refractivity contribution in [1.29, 1.82) is 0 Å². The molecule has 0 aliphatic heterocycles. The molecule has 1 aromatic carbocycles. The predicted octanol–water partition coefficient (Wildman–Crippen LogP) is 5.67. The van der Waals surface area contributed by atoms with Crippen LogP contribution in [0.15, 0.2) is 65.4 Å². The van der Waals surface area contributed by atoms with Crippen LogP contribution in [-0.2, 0) is 21.7 Å². The molecule has 4 rings (SSSR count). The molecule has 1 amide bonds. The SMILES string of the molecule is COC1C=CC=C(n2c(CCCC(=O)NCC3=CCC(F)C=C3)nnc2SCc2cc(C)cc(C)c2)C1. The molecular formula is C29H35FN4O2S. The zero-order valence-corrected chi connectivity index (χ0v) is 22.6. The van der Waals surface area contributed by atoms with E-state index in [1.54, 1.807) is 24.9 Å². The van der Waals surface area contributed by atoms with Crippen LogP contribution in [0.5, 0.6) is 0 Å². The number of aromatic nitrogens is 3. The van der Waals surface area contributed by atoms with E-state index in [0.717, 1.165) is 34.4 Å². The monoisotopic (exact) mass is 522 g/mol. The summed E-state index contributed by atoms with van der Waals surface area (Å²) in [7, 11) is 1.72. The van der Waals surface area contributed by atoms with E-state index in [0.29, 0.717) is 32.2 Å². The van der Waals surface area contributed by atoms with E-state index in [9.17, 15) is 9.18 Å². The summed E-state index contributed by atoms with van der Waals surface area (Å²) in [6.45, 7) is 4.66. The van der Waals surface area contributed by atoms with Crippen molar-refractivity contribution in [1.82, 2.24) is 20.1 Å². The fraction of sp³-hybridized carbons (Fsp3) is 0.414. The summed E-state index contributed by atoms with van der Waals surface area (Å²) in [5.74, 6) is 1.62. The number of methoxy groups -OCH3 is 1. The Morgan fingerprint density at radius 2 is 2.03 bits per heavy atom. The topological polar surface area (TPSA) is 69.0 Å². The van der Waals surface area contributed by atoms with Gasteiger partial charge in [0.25, 0.3) is 0 Å². The van der Waals surface area contributed by atoms with Crippen LogP contribution < -0.4 is 5.32 Å². The zero-order chi connectivity index (χ0) is 26.2. The van der Waals surface area contributed by atoms with Gasteiger partial charge in [0.05, 0.1) is 6.10 Å². The van der Waals surface area contributed by atoms with Gasteiger partial charge in [-0.3, -0.25) is 9.36 Å². The first-order chi connectivity index (χ1) is 17.9. The van der Waals surface area contributed by atoms with Crippen molar-refractivity contribution in [2.75, 3.05) is 13.7 Å². The number of allylic oxidation sites excluding steroid dienone is 4. The van der Waals surface area contributed by atoms with E-state index in [2.05, 4.69) is 58.2 Å². The molecule has 0 spiro atoms. The average molecular weight is 523 g/mol. The van der Waals surface area contributed by atoms with Crippen molar-refractivity contribution >= 4 is 23.4 Å². The third-order valence-electron chi connectivity index (χ3n) is 6.38. The molecule has 1 aromatic heterocycles. The van der Waals surface area contributed by atoms with Gasteiger partial charge in [-0.1, -0.05) is 71.5 Å². The van der Waals surface area contributed by atoms with Gasteiger partial charge in [0.15, 0.2) is 5.16 Å². The minimum atomic E-state index is -0.922. The predicted molar refractivity (Wildman–Crippen MR) is 147 cm³/mol. The molecule has 1 heterocycles. The largest absolute Gasteiger partial charge is 0.377 e. The normalized spacial score (nSPS) is 19.0. The van der Waals surface area contributed by atoms with E-state index in [4.69, 9.17) is 4.74 Å². The van der Waals surface area contributed by atoms with Crippen molar-refractivity contribution in [3.63, 3.8) is 0 Å². The molecule has 2 aliphatic rings. The molecule has 6 nitrogen and oxygen atoms in total. The molecule has 196 valence electrons. The fourth-order valence-corrected chi connectivity index (χ4v) is 5.48. The van der Waals surface area contributed by atoms with Crippen LogP contribution in [0, 0.1) is 13.8 Å². The number of hydrogen-bond acceptors (Lipinski definition) is 5. The molecule has 8 heteroatoms. The molecule has 2 aliphatic carbocycles. The molecule has 0 radical (unpaired) electrons. The van der Waals surface area contributed by atoms with Crippen molar-refractivity contribution in [2.24, 2.45) is 0 Å². The number of halogens is 1. The number of benzene rings is 1. The molecule has 37 heavy (non-hydrogen) atoms. The number of rotatable bonds is 11. The smallest absolute Gasteiger partial charge is 0.220 e. The summed E-state index contributed by atoms with van der Waals surface area (Å²) in [6, 6.07) is 6.59. The summed E-state index contributed by atoms with van der Waals surface area (Å²) in [5.41, 5.74) is 5.79. The van der Waals surface area contributed by atoms with E-state index < -0.39 is 6.17 Å². The molecule has 0 fully saturated rings. The number of hydrogen-bond donors (Lipinski definition) is 1. The highest BCUT2D eigenvalue weighted by Gasteiger charge is 2.20. The van der Waals surface area contributed by atoms with Gasteiger partial charge in [-0.25, -0.2) is 4.39 Å². The highest BCUT2D eigenvalue weighted by Crippen LogP contribution is 2.30. The van der Waals surface area contributed by atoms with Gasteiger partial charge in [-0.2, -0.15) is 0 Å². The van der Waals surface area contributed by atoms with Gasteiger partial charge in [-0.05, 0) is 37.5 Å². The summed E-state index contributed by atoms with van der Waals surface area (Å²) < 4.78 is 20.9. The average Bonchev–Trinajstić information content (AvgIpc) is 3.29. The molecule has 2 aromatic rings. The fourth-order valence-electron chi connectivity index (χ4n) is 4.57. The highest BCUT2D eigenvalue weighted by molar-refractivity contribution is 7.98. The Hall–Kier alpha value is -2.97. The van der Waals surface area contributed by atoms with Gasteiger partial charge in [0.2, 0.25) is 5.91 Å². The lowest BCUT2D eigenvalue weighted by Crippen LogP contribution is -2.25. The second-order valence-corrected chi connectivity index (χ2v) is 10.5. The third-order valence-corrected chi connectivity index (χ3v) is 7.38. The first-order valence-electron chi connectivity index (χ1n) is 12.7. The second-order valence-electron chi connectivity index (χ2n) is 9.56. The first kappa shape index (κ1) is 27.1. The van der Waals surface area contributed by atoms with E-state index in [-0.39, 0.29) is 12.0 Å². The van der Waals surface area contributed by atoms with E-state index >= 15 is 0 Å². The number of nitrogens with one attached hydrogen (secondary N) is 1. The Kier molecular flexibility index (Phi) is 9.52. The molecule has 0 bridgehead atoms. The zero-order valence-electron chi connectivity index (χ0n) is 21.7. The Balaban J connectivity index is 1.40. The Labute approximate surface area is 222 Å². The lowest BCUT2D eigenvalue weighted by atomic mass is 10.1. The number of thioether (sulfide) groups is 1. The van der Waals surface area contributed by atoms with Gasteiger partial charge >= 0.3 is 0 Å². The first-order valence-corrected chi connectivity index (χ1v) is 13.7. The maximum Gasteiger partial charge on any atom is 0.220 e. The molecular weight excluding hydrogens is 487 g/mol. The number of carbonyl (C=O) groups excluding carboxylic acids is 1. The van der Waals surface area contributed by atoms with Crippen molar-refractivity contribution in [3.8, 4) is 0 Å². The van der Waals surface area contributed by atoms with Gasteiger partial charge in [-0.15, -0.1) is 10.2 Å². The minimum absolute atomic E-state index is 0.00844. The number of carbonyl (C=O) groups is 1. The van der Waals surface area contributed by atoms with Crippen molar-refractivity contribution < 1.29 is 13.9 Å². The molecule has 0 saturated carbocycles. The summed E-state index contributed by atoms with van der Waals surface area (Å²) in [6.07, 6.45) is 13.1. The Bertz CT molecular complexity index is 1210. The Morgan fingerprint density at radius 1 is 1.22 bits per heavy atom. The molecule has 2 unspecified atom stereocenters. The van der Waals surface area contributed by atoms with Crippen molar-refractivity contribution in [3.05, 3.63) is 82.7 Å². The van der Waals surface area contributed by atoms with Gasteiger partial charge < -0.3 is 10.1 Å². The molecule has 2 atom stereocenters. The second kappa shape index (κ2) is 13.0. The van der Waals surface area contributed by atoms with E-state index in [1.165, 1.54) is 22.8 Å². The maximum absolute atomic E-state index is 13.2. The number of aryl methyl sites for hydroxylation is 3. The standard InChI is InChI=1S/C29H35FN4O2S/c1-20-14-21(2)16-23(15-20)19-37-29-33-32-27(34(29)25-6-4-7-26(17-25)36-3)8-5-9-28(35)31-18-22-10-12-24(30)13-11-22/h4,6-7,10-12,14-16,24,26H,5,8-9,13,17-19H2,1-3H3,(H,31,35). The number of alkyl halides is 1. The van der Waals surface area contributed by atoms with Crippen LogP contribution in [0.2, 0.25) is 0 Å². The van der Waals surface area contributed by atoms with Crippen LogP contribution in [0.4, 0.5) is 4.39 Å². The third kappa shape index (κ3) is 7.76. The summed E-state index contributed by atoms with van der Waals surface area (Å²) in [5, 5.41) is 12.8. The minimum Gasteiger partial charge on any atom is -0.377 e. The number of nitrogens with zero attached hydrogens (tertiary/aromatic N) is 3. The van der Waals surface area contributed by atoms with Crippen LogP contribution in [0.1, 0.15) is 48.2 Å². The van der Waals surface area contributed by atoms with Crippen molar-refractivity contribution in [2.45, 2.75) is 69.1 Å². The van der Waals surface area contributed by atoms with Gasteiger partial charge in [0, 0.05) is 50.8 Å². The van der Waals surface area contributed by atoms with Gasteiger partial charge in [0.1, 0.15) is 12.0 Å². The Morgan fingerprint density at radius 3 is 2.76 bits per heavy atom. The molecule has 0 saturated heterocycles. The number of amides is 1. The lowest BCUT2D eigenvalue weighted by Gasteiger charge is -2.20. The summed E-state index contributed by atoms with van der Waals surface area (Å²) >= 11 is 1.67. The van der Waals surface area contributed by atoms with Crippen LogP contribution in [0.3, 0.4) is 0 Å². The summed E-state index contributed by atoms with van der Waals surface area (Å²) in [4.78, 5) is 12.4. The van der Waals surface area contributed by atoms with Crippen LogP contribution >= 0.6 is 11.8 Å². The lowest BCUT2D eigenvalue weighted by molar-refractivity contribution is -0.121. The van der Waals surface area contributed by atoms with E-state index in [1.807, 2.05) is 18.2 Å². The number of ether oxygens (including phenoxy) is 1. The maximum atomic E-state index is 13.2. The molecule has 1 N–H and O–H groups in total. The van der Waals surface area contributed by atoms with Crippen LogP contribution in [-0.4, -0.2) is 46.6 Å².